The first kappa shape index (κ1) is 17.5. The quantitative estimate of drug-likeness (QED) is 0.453. The summed E-state index contributed by atoms with van der Waals surface area (Å²) in [5.41, 5.74) is 2.28. The summed E-state index contributed by atoms with van der Waals surface area (Å²) >= 11 is 1.51. The highest BCUT2D eigenvalue weighted by Gasteiger charge is 2.17. The fourth-order valence-corrected chi connectivity index (χ4v) is 3.54. The molecule has 0 aliphatic carbocycles. The number of halogens is 1. The van der Waals surface area contributed by atoms with Gasteiger partial charge in [0.1, 0.15) is 17.3 Å². The average Bonchev–Trinajstić information content (AvgIpc) is 3.34. The van der Waals surface area contributed by atoms with Crippen molar-refractivity contribution in [1.29, 1.82) is 0 Å². The second-order valence-electron chi connectivity index (χ2n) is 6.06. The summed E-state index contributed by atoms with van der Waals surface area (Å²) in [5, 5.41) is 9.38. The van der Waals surface area contributed by atoms with E-state index in [-0.39, 0.29) is 5.82 Å². The molecule has 4 aromatic rings. The molecule has 27 heavy (non-hydrogen) atoms. The monoisotopic (exact) mass is 380 g/mol. The first-order chi connectivity index (χ1) is 13.2. The second kappa shape index (κ2) is 7.75. The Balaban J connectivity index is 1.63. The van der Waals surface area contributed by atoms with E-state index in [1.165, 1.54) is 11.8 Å². The normalized spacial score (nSPS) is 11.0. The van der Waals surface area contributed by atoms with E-state index in [0.29, 0.717) is 23.7 Å². The molecule has 0 spiro atoms. The zero-order valence-corrected chi connectivity index (χ0v) is 15.5. The van der Waals surface area contributed by atoms with E-state index in [1.54, 1.807) is 31.5 Å². The van der Waals surface area contributed by atoms with Crippen LogP contribution in [0.25, 0.3) is 11.5 Å². The Morgan fingerprint density at radius 2 is 2.04 bits per heavy atom. The van der Waals surface area contributed by atoms with Crippen LogP contribution in [0.4, 0.5) is 4.39 Å². The van der Waals surface area contributed by atoms with Gasteiger partial charge in [-0.1, -0.05) is 30.0 Å². The Hall–Kier alpha value is -2.93. The summed E-state index contributed by atoms with van der Waals surface area (Å²) in [6.45, 7) is 2.25. The highest BCUT2D eigenvalue weighted by molar-refractivity contribution is 7.98. The van der Waals surface area contributed by atoms with Gasteiger partial charge in [0.25, 0.3) is 0 Å². The molecule has 0 saturated heterocycles. The van der Waals surface area contributed by atoms with Gasteiger partial charge in [-0.3, -0.25) is 9.55 Å². The van der Waals surface area contributed by atoms with Crippen LogP contribution in [-0.2, 0) is 12.3 Å². The lowest BCUT2D eigenvalue weighted by Gasteiger charge is -2.09. The predicted octanol–water partition coefficient (Wildman–Crippen LogP) is 4.72. The molecule has 3 heterocycles. The highest BCUT2D eigenvalue weighted by atomic mass is 32.2. The smallest absolute Gasteiger partial charge is 0.192 e. The van der Waals surface area contributed by atoms with Crippen molar-refractivity contribution in [3.05, 3.63) is 83.7 Å². The predicted molar refractivity (Wildman–Crippen MR) is 102 cm³/mol. The number of thioether (sulfide) groups is 1. The summed E-state index contributed by atoms with van der Waals surface area (Å²) in [7, 11) is 0. The van der Waals surface area contributed by atoms with Gasteiger partial charge in [-0.25, -0.2) is 4.39 Å². The van der Waals surface area contributed by atoms with Crippen molar-refractivity contribution in [1.82, 2.24) is 19.7 Å². The summed E-state index contributed by atoms with van der Waals surface area (Å²) in [6.07, 6.45) is 3.37. The minimum absolute atomic E-state index is 0.195. The van der Waals surface area contributed by atoms with Gasteiger partial charge in [0.2, 0.25) is 0 Å². The van der Waals surface area contributed by atoms with Crippen LogP contribution in [0.2, 0.25) is 0 Å². The van der Waals surface area contributed by atoms with Crippen molar-refractivity contribution in [2.45, 2.75) is 24.4 Å². The summed E-state index contributed by atoms with van der Waals surface area (Å²) in [6, 6.07) is 14.7. The Labute approximate surface area is 160 Å². The molecule has 0 radical (unpaired) electrons. The molecule has 0 bridgehead atoms. The zero-order valence-electron chi connectivity index (χ0n) is 14.7. The third kappa shape index (κ3) is 3.93. The number of rotatable bonds is 6. The van der Waals surface area contributed by atoms with E-state index in [9.17, 15) is 4.39 Å². The van der Waals surface area contributed by atoms with E-state index in [0.717, 1.165) is 22.2 Å². The molecule has 0 fully saturated rings. The molecule has 0 atom stereocenters. The minimum atomic E-state index is -0.195. The van der Waals surface area contributed by atoms with Gasteiger partial charge in [0.15, 0.2) is 11.0 Å². The second-order valence-corrected chi connectivity index (χ2v) is 7.00. The third-order valence-corrected chi connectivity index (χ3v) is 5.15. The number of benzene rings is 1. The van der Waals surface area contributed by atoms with Crippen LogP contribution in [0, 0.1) is 12.7 Å². The van der Waals surface area contributed by atoms with Crippen molar-refractivity contribution < 1.29 is 8.81 Å². The molecule has 1 aromatic carbocycles. The molecular weight excluding hydrogens is 363 g/mol. The molecule has 0 unspecified atom stereocenters. The van der Waals surface area contributed by atoms with E-state index in [2.05, 4.69) is 15.2 Å². The van der Waals surface area contributed by atoms with Crippen molar-refractivity contribution in [2.24, 2.45) is 0 Å². The van der Waals surface area contributed by atoms with Gasteiger partial charge < -0.3 is 4.42 Å². The van der Waals surface area contributed by atoms with Crippen molar-refractivity contribution in [3.63, 3.8) is 0 Å². The number of aromatic nitrogens is 4. The number of hydrogen-bond donors (Lipinski definition) is 0. The van der Waals surface area contributed by atoms with Crippen molar-refractivity contribution in [3.8, 4) is 11.5 Å². The van der Waals surface area contributed by atoms with Crippen molar-refractivity contribution >= 4 is 11.8 Å². The van der Waals surface area contributed by atoms with Crippen LogP contribution in [-0.4, -0.2) is 19.7 Å². The first-order valence-corrected chi connectivity index (χ1v) is 9.44. The molecule has 7 heteroatoms. The standard InChI is InChI=1S/C20H17FN4OS/c1-14-7-8-15(11-17(14)21)13-27-20-24-23-19(18-6-2-3-9-22-18)25(20)12-16-5-4-10-26-16/h2-11H,12-13H2,1H3. The van der Waals surface area contributed by atoms with E-state index < -0.39 is 0 Å². The maximum Gasteiger partial charge on any atom is 0.192 e. The van der Waals surface area contributed by atoms with Gasteiger partial charge in [-0.15, -0.1) is 10.2 Å². The fourth-order valence-electron chi connectivity index (χ4n) is 2.65. The topological polar surface area (TPSA) is 56.7 Å². The number of furan rings is 1. The van der Waals surface area contributed by atoms with Crippen LogP contribution >= 0.6 is 11.8 Å². The van der Waals surface area contributed by atoms with Gasteiger partial charge in [-0.05, 0) is 48.4 Å². The lowest BCUT2D eigenvalue weighted by Crippen LogP contribution is -2.04. The highest BCUT2D eigenvalue weighted by Crippen LogP contribution is 2.27. The maximum absolute atomic E-state index is 13.8. The molecule has 136 valence electrons. The summed E-state index contributed by atoms with van der Waals surface area (Å²) in [4.78, 5) is 4.38. The van der Waals surface area contributed by atoms with Crippen LogP contribution < -0.4 is 0 Å². The number of pyridine rings is 1. The van der Waals surface area contributed by atoms with Crippen molar-refractivity contribution in [2.75, 3.05) is 0 Å². The lowest BCUT2D eigenvalue weighted by atomic mass is 10.2. The van der Waals surface area contributed by atoms with E-state index in [1.807, 2.05) is 41.0 Å². The molecule has 0 aliphatic heterocycles. The van der Waals surface area contributed by atoms with E-state index in [4.69, 9.17) is 4.42 Å². The van der Waals surface area contributed by atoms with Gasteiger partial charge >= 0.3 is 0 Å². The van der Waals surface area contributed by atoms with Crippen LogP contribution in [0.5, 0.6) is 0 Å². The summed E-state index contributed by atoms with van der Waals surface area (Å²) < 4.78 is 21.3. The molecule has 0 amide bonds. The molecule has 0 aliphatic rings. The fraction of sp³-hybridized carbons (Fsp3) is 0.150. The zero-order chi connectivity index (χ0) is 18.6. The van der Waals surface area contributed by atoms with Crippen LogP contribution in [0.3, 0.4) is 0 Å². The largest absolute Gasteiger partial charge is 0.467 e. The maximum atomic E-state index is 13.8. The first-order valence-electron chi connectivity index (χ1n) is 8.45. The third-order valence-electron chi connectivity index (χ3n) is 4.11. The van der Waals surface area contributed by atoms with Crippen LogP contribution in [0.15, 0.2) is 70.6 Å². The van der Waals surface area contributed by atoms with E-state index >= 15 is 0 Å². The lowest BCUT2D eigenvalue weighted by molar-refractivity contribution is 0.485. The molecule has 4 rings (SSSR count). The Kier molecular flexibility index (Phi) is 5.02. The Morgan fingerprint density at radius 3 is 2.78 bits per heavy atom. The number of hydrogen-bond acceptors (Lipinski definition) is 5. The van der Waals surface area contributed by atoms with Gasteiger partial charge in [0, 0.05) is 11.9 Å². The molecule has 5 nitrogen and oxygen atoms in total. The van der Waals surface area contributed by atoms with Crippen LogP contribution in [0.1, 0.15) is 16.9 Å². The van der Waals surface area contributed by atoms with Gasteiger partial charge in [-0.2, -0.15) is 0 Å². The SMILES string of the molecule is Cc1ccc(CSc2nnc(-c3ccccn3)n2Cc2ccco2)cc1F. The molecule has 0 N–H and O–H groups in total. The number of aryl methyl sites for hydroxylation is 1. The average molecular weight is 380 g/mol. The molecule has 3 aromatic heterocycles. The number of nitrogens with zero attached hydrogens (tertiary/aromatic N) is 4. The summed E-state index contributed by atoms with van der Waals surface area (Å²) in [5.74, 6) is 1.87. The van der Waals surface area contributed by atoms with Gasteiger partial charge in [0.05, 0.1) is 12.8 Å². The molecule has 0 saturated carbocycles. The minimum Gasteiger partial charge on any atom is -0.467 e. The Bertz CT molecular complexity index is 1030. The Morgan fingerprint density at radius 1 is 1.11 bits per heavy atom. The molecular formula is C20H17FN4OS.